The highest BCUT2D eigenvalue weighted by Crippen LogP contribution is 2.23. The maximum Gasteiger partial charge on any atom is 0.407 e. The van der Waals surface area contributed by atoms with Gasteiger partial charge in [-0.1, -0.05) is 48.0 Å². The molecule has 0 aromatic heterocycles. The molecule has 0 saturated carbocycles. The Bertz CT molecular complexity index is 886. The predicted molar refractivity (Wildman–Crippen MR) is 119 cm³/mol. The van der Waals surface area contributed by atoms with Crippen LogP contribution in [0.25, 0.3) is 11.1 Å². The second kappa shape index (κ2) is 12.6. The molecule has 0 aliphatic carbocycles. The molecule has 0 radical (unpaired) electrons. The summed E-state index contributed by atoms with van der Waals surface area (Å²) in [6.45, 7) is 3.63. The van der Waals surface area contributed by atoms with Gasteiger partial charge in [0, 0.05) is 11.1 Å². The van der Waals surface area contributed by atoms with Crippen LogP contribution in [-0.4, -0.2) is 43.8 Å². The number of nitrogens with one attached hydrogen (secondary N) is 2. The van der Waals surface area contributed by atoms with Gasteiger partial charge >= 0.3 is 12.1 Å². The highest BCUT2D eigenvalue weighted by atomic mass is 35.5. The zero-order valence-electron chi connectivity index (χ0n) is 17.7. The third-order valence-corrected chi connectivity index (χ3v) is 4.58. The molecular formula is C23H27ClN2O5. The number of rotatable bonds is 10. The zero-order chi connectivity index (χ0) is 22.6. The highest BCUT2D eigenvalue weighted by Gasteiger charge is 2.18. The quantitative estimate of drug-likeness (QED) is 0.542. The van der Waals surface area contributed by atoms with E-state index in [1.165, 1.54) is 0 Å². The van der Waals surface area contributed by atoms with Crippen molar-refractivity contribution in [2.24, 2.45) is 0 Å². The summed E-state index contributed by atoms with van der Waals surface area (Å²) in [4.78, 5) is 35.5. The van der Waals surface area contributed by atoms with Crippen molar-refractivity contribution in [1.29, 1.82) is 0 Å². The highest BCUT2D eigenvalue weighted by molar-refractivity contribution is 6.30. The van der Waals surface area contributed by atoms with E-state index in [0.29, 0.717) is 11.4 Å². The Morgan fingerprint density at radius 2 is 1.68 bits per heavy atom. The van der Waals surface area contributed by atoms with Gasteiger partial charge in [-0.3, -0.25) is 9.59 Å². The van der Waals surface area contributed by atoms with Gasteiger partial charge in [0.25, 0.3) is 0 Å². The van der Waals surface area contributed by atoms with Gasteiger partial charge in [0.15, 0.2) is 0 Å². The van der Waals surface area contributed by atoms with Gasteiger partial charge < -0.3 is 20.1 Å². The molecule has 31 heavy (non-hydrogen) atoms. The van der Waals surface area contributed by atoms with Gasteiger partial charge in [-0.2, -0.15) is 0 Å². The van der Waals surface area contributed by atoms with E-state index in [0.717, 1.165) is 16.7 Å². The van der Waals surface area contributed by atoms with E-state index in [4.69, 9.17) is 21.1 Å². The van der Waals surface area contributed by atoms with Crippen LogP contribution in [0.3, 0.4) is 0 Å². The van der Waals surface area contributed by atoms with Crippen LogP contribution in [0.15, 0.2) is 48.5 Å². The smallest absolute Gasteiger partial charge is 0.407 e. The number of halogens is 1. The molecule has 8 heteroatoms. The van der Waals surface area contributed by atoms with Crippen molar-refractivity contribution in [3.8, 4) is 11.1 Å². The summed E-state index contributed by atoms with van der Waals surface area (Å²) in [7, 11) is 0. The fourth-order valence-electron chi connectivity index (χ4n) is 2.99. The number of esters is 1. The number of alkyl carbamates (subject to hydrolysis) is 1. The van der Waals surface area contributed by atoms with Crippen LogP contribution in [-0.2, 0) is 25.5 Å². The molecule has 2 amide bonds. The number of hydrogen-bond donors (Lipinski definition) is 2. The summed E-state index contributed by atoms with van der Waals surface area (Å²) >= 11 is 6.06. The van der Waals surface area contributed by atoms with Crippen LogP contribution in [0.1, 0.15) is 25.8 Å². The Hall–Kier alpha value is -3.06. The lowest BCUT2D eigenvalue weighted by Gasteiger charge is -2.18. The molecule has 0 bridgehead atoms. The summed E-state index contributed by atoms with van der Waals surface area (Å²) in [6.07, 6.45) is -0.217. The molecular weight excluding hydrogens is 420 g/mol. The summed E-state index contributed by atoms with van der Waals surface area (Å²) in [5.74, 6) is -0.820. The van der Waals surface area contributed by atoms with Gasteiger partial charge in [-0.25, -0.2) is 4.79 Å². The molecule has 0 spiro atoms. The number of ether oxygens (including phenoxy) is 2. The van der Waals surface area contributed by atoms with Crippen LogP contribution < -0.4 is 10.6 Å². The van der Waals surface area contributed by atoms with Gasteiger partial charge in [0.05, 0.1) is 19.6 Å². The van der Waals surface area contributed by atoms with Gasteiger partial charge in [0.1, 0.15) is 6.54 Å². The van der Waals surface area contributed by atoms with E-state index in [2.05, 4.69) is 10.6 Å². The fraction of sp³-hybridized carbons (Fsp3) is 0.348. The first kappa shape index (κ1) is 24.2. The Kier molecular flexibility index (Phi) is 9.84. The second-order valence-corrected chi connectivity index (χ2v) is 7.20. The first-order valence-electron chi connectivity index (χ1n) is 10.1. The SMILES string of the molecule is CCOC(=O)CC(Cc1ccc(-c2cccc(Cl)c2)cc1)NC(=O)CNC(=O)OCC. The number of carbonyl (C=O) groups is 3. The lowest BCUT2D eigenvalue weighted by Crippen LogP contribution is -2.44. The maximum absolute atomic E-state index is 12.2. The van der Waals surface area contributed by atoms with Crippen LogP contribution in [0.2, 0.25) is 5.02 Å². The van der Waals surface area contributed by atoms with Crippen molar-refractivity contribution < 1.29 is 23.9 Å². The molecule has 2 aromatic rings. The van der Waals surface area contributed by atoms with Crippen molar-refractivity contribution in [2.75, 3.05) is 19.8 Å². The van der Waals surface area contributed by atoms with Crippen molar-refractivity contribution in [2.45, 2.75) is 32.7 Å². The summed E-state index contributed by atoms with van der Waals surface area (Å²) < 4.78 is 9.75. The molecule has 0 heterocycles. The van der Waals surface area contributed by atoms with E-state index in [1.807, 2.05) is 48.5 Å². The molecule has 1 unspecified atom stereocenters. The van der Waals surface area contributed by atoms with Crippen LogP contribution in [0.4, 0.5) is 4.79 Å². The van der Waals surface area contributed by atoms with Crippen molar-refractivity contribution in [3.63, 3.8) is 0 Å². The largest absolute Gasteiger partial charge is 0.466 e. The van der Waals surface area contributed by atoms with Crippen LogP contribution >= 0.6 is 11.6 Å². The minimum Gasteiger partial charge on any atom is -0.466 e. The van der Waals surface area contributed by atoms with Crippen molar-refractivity contribution in [1.82, 2.24) is 10.6 Å². The monoisotopic (exact) mass is 446 g/mol. The third-order valence-electron chi connectivity index (χ3n) is 4.35. The number of hydrogen-bond acceptors (Lipinski definition) is 5. The Balaban J connectivity index is 2.03. The normalized spacial score (nSPS) is 11.3. The molecule has 7 nitrogen and oxygen atoms in total. The third kappa shape index (κ3) is 8.68. The van der Waals surface area contributed by atoms with E-state index < -0.39 is 24.0 Å². The van der Waals surface area contributed by atoms with Gasteiger partial charge in [-0.15, -0.1) is 0 Å². The topological polar surface area (TPSA) is 93.7 Å². The molecule has 2 N–H and O–H groups in total. The molecule has 0 fully saturated rings. The van der Waals surface area contributed by atoms with E-state index >= 15 is 0 Å². The van der Waals surface area contributed by atoms with Gasteiger partial charge in [0.2, 0.25) is 5.91 Å². The molecule has 1 atom stereocenters. The molecule has 0 aliphatic heterocycles. The average Bonchev–Trinajstić information content (AvgIpc) is 2.73. The van der Waals surface area contributed by atoms with E-state index in [9.17, 15) is 14.4 Å². The lowest BCUT2D eigenvalue weighted by molar-refractivity contribution is -0.143. The Morgan fingerprint density at radius 1 is 0.968 bits per heavy atom. The van der Waals surface area contributed by atoms with Gasteiger partial charge in [-0.05, 0) is 49.1 Å². The van der Waals surface area contributed by atoms with Crippen molar-refractivity contribution in [3.05, 3.63) is 59.1 Å². The van der Waals surface area contributed by atoms with E-state index in [1.54, 1.807) is 13.8 Å². The standard InChI is InChI=1S/C23H27ClN2O5/c1-3-30-22(28)14-20(26-21(27)15-25-23(29)31-4-2)12-16-8-10-17(11-9-16)18-6-5-7-19(24)13-18/h5-11,13,20H,3-4,12,14-15H2,1-2H3,(H,25,29)(H,26,27). The summed E-state index contributed by atoms with van der Waals surface area (Å²) in [5, 5.41) is 5.80. The minimum absolute atomic E-state index is 0.0228. The molecule has 2 rings (SSSR count). The maximum atomic E-state index is 12.2. The number of carbonyl (C=O) groups excluding carboxylic acids is 3. The van der Waals surface area contributed by atoms with E-state index in [-0.39, 0.29) is 26.2 Å². The molecule has 0 aliphatic rings. The van der Waals surface area contributed by atoms with Crippen LogP contribution in [0, 0.1) is 0 Å². The molecule has 2 aromatic carbocycles. The zero-order valence-corrected chi connectivity index (χ0v) is 18.4. The number of benzene rings is 2. The van der Waals surface area contributed by atoms with Crippen molar-refractivity contribution >= 4 is 29.6 Å². The first-order chi connectivity index (χ1) is 14.9. The summed E-state index contributed by atoms with van der Waals surface area (Å²) in [6, 6.07) is 14.9. The number of amides is 2. The summed E-state index contributed by atoms with van der Waals surface area (Å²) in [5.41, 5.74) is 2.95. The Morgan fingerprint density at radius 3 is 2.32 bits per heavy atom. The average molecular weight is 447 g/mol. The fourth-order valence-corrected chi connectivity index (χ4v) is 3.18. The minimum atomic E-state index is -0.670. The molecule has 166 valence electrons. The first-order valence-corrected chi connectivity index (χ1v) is 10.5. The lowest BCUT2D eigenvalue weighted by atomic mass is 9.99. The van der Waals surface area contributed by atoms with Crippen LogP contribution in [0.5, 0.6) is 0 Å². The predicted octanol–water partition coefficient (Wildman–Crippen LogP) is 3.73. The molecule has 0 saturated heterocycles. The second-order valence-electron chi connectivity index (χ2n) is 6.76. The Labute approximate surface area is 187 Å².